The van der Waals surface area contributed by atoms with Crippen molar-refractivity contribution < 1.29 is 9.53 Å². The number of ether oxygens (including phenoxy) is 1. The molecule has 2 aromatic rings. The van der Waals surface area contributed by atoms with Gasteiger partial charge in [0.15, 0.2) is 0 Å². The maximum Gasteiger partial charge on any atom is 0.224 e. The lowest BCUT2D eigenvalue weighted by atomic mass is 10.1. The van der Waals surface area contributed by atoms with Gasteiger partial charge in [-0.15, -0.1) is 0 Å². The van der Waals surface area contributed by atoms with Gasteiger partial charge >= 0.3 is 0 Å². The monoisotopic (exact) mass is 304 g/mol. The van der Waals surface area contributed by atoms with Gasteiger partial charge in [0.1, 0.15) is 12.4 Å². The van der Waals surface area contributed by atoms with Crippen LogP contribution in [0.1, 0.15) is 5.56 Å². The summed E-state index contributed by atoms with van der Waals surface area (Å²) in [7, 11) is 0. The zero-order chi connectivity index (χ0) is 15.1. The largest absolute Gasteiger partial charge is 0.490 e. The number of rotatable bonds is 6. The average Bonchev–Trinajstić information content (AvgIpc) is 2.48. The Balaban J connectivity index is 1.73. The SMILES string of the molecule is Nc1ccccc1OCCNC(=O)Cc1ccccc1Cl. The quantitative estimate of drug-likeness (QED) is 0.637. The van der Waals surface area contributed by atoms with Gasteiger partial charge < -0.3 is 15.8 Å². The summed E-state index contributed by atoms with van der Waals surface area (Å²) >= 11 is 6.01. The van der Waals surface area contributed by atoms with Crippen LogP contribution >= 0.6 is 11.6 Å². The molecule has 4 nitrogen and oxygen atoms in total. The Labute approximate surface area is 128 Å². The molecule has 0 aliphatic heterocycles. The van der Waals surface area contributed by atoms with Crippen molar-refractivity contribution in [3.05, 3.63) is 59.1 Å². The highest BCUT2D eigenvalue weighted by Gasteiger charge is 2.06. The molecular formula is C16H17ClN2O2. The predicted molar refractivity (Wildman–Crippen MR) is 84.5 cm³/mol. The zero-order valence-corrected chi connectivity index (χ0v) is 12.3. The molecule has 0 fully saturated rings. The van der Waals surface area contributed by atoms with Crippen LogP contribution in [0.3, 0.4) is 0 Å². The minimum atomic E-state index is -0.0901. The van der Waals surface area contributed by atoms with Crippen LogP contribution < -0.4 is 15.8 Å². The summed E-state index contributed by atoms with van der Waals surface area (Å²) in [4.78, 5) is 11.8. The Morgan fingerprint density at radius 3 is 2.62 bits per heavy atom. The molecule has 0 saturated carbocycles. The number of benzene rings is 2. The van der Waals surface area contributed by atoms with Crippen LogP contribution in [0.15, 0.2) is 48.5 Å². The topological polar surface area (TPSA) is 64.3 Å². The Bertz CT molecular complexity index is 617. The number of carbonyl (C=O) groups is 1. The lowest BCUT2D eigenvalue weighted by molar-refractivity contribution is -0.120. The molecular weight excluding hydrogens is 288 g/mol. The first-order valence-electron chi connectivity index (χ1n) is 6.64. The van der Waals surface area contributed by atoms with Gasteiger partial charge in [-0.25, -0.2) is 0 Å². The molecule has 2 rings (SSSR count). The van der Waals surface area contributed by atoms with Gasteiger partial charge in [0.05, 0.1) is 18.7 Å². The molecule has 0 saturated heterocycles. The molecule has 0 aromatic heterocycles. The summed E-state index contributed by atoms with van der Waals surface area (Å²) in [6.45, 7) is 0.778. The van der Waals surface area contributed by atoms with Crippen molar-refractivity contribution >= 4 is 23.2 Å². The van der Waals surface area contributed by atoms with Crippen LogP contribution in [-0.2, 0) is 11.2 Å². The normalized spacial score (nSPS) is 10.1. The van der Waals surface area contributed by atoms with Gasteiger partial charge in [0.2, 0.25) is 5.91 Å². The maximum atomic E-state index is 11.8. The summed E-state index contributed by atoms with van der Waals surface area (Å²) in [6, 6.07) is 14.5. The smallest absolute Gasteiger partial charge is 0.224 e. The summed E-state index contributed by atoms with van der Waals surface area (Å²) < 4.78 is 5.50. The number of para-hydroxylation sites is 2. The number of amides is 1. The average molecular weight is 305 g/mol. The number of anilines is 1. The highest BCUT2D eigenvalue weighted by Crippen LogP contribution is 2.19. The molecule has 0 radical (unpaired) electrons. The van der Waals surface area contributed by atoms with E-state index in [0.29, 0.717) is 29.6 Å². The molecule has 0 heterocycles. The first-order chi connectivity index (χ1) is 10.2. The van der Waals surface area contributed by atoms with Crippen molar-refractivity contribution in [2.75, 3.05) is 18.9 Å². The van der Waals surface area contributed by atoms with Crippen LogP contribution in [0, 0.1) is 0 Å². The highest BCUT2D eigenvalue weighted by atomic mass is 35.5. The Hall–Kier alpha value is -2.20. The molecule has 21 heavy (non-hydrogen) atoms. The molecule has 110 valence electrons. The van der Waals surface area contributed by atoms with Gasteiger partial charge in [0.25, 0.3) is 0 Å². The molecule has 5 heteroatoms. The van der Waals surface area contributed by atoms with E-state index in [9.17, 15) is 4.79 Å². The minimum absolute atomic E-state index is 0.0901. The summed E-state index contributed by atoms with van der Waals surface area (Å²) in [6.07, 6.45) is 0.257. The number of nitrogen functional groups attached to an aromatic ring is 1. The van der Waals surface area contributed by atoms with Gasteiger partial charge in [0, 0.05) is 5.02 Å². The third-order valence-electron chi connectivity index (χ3n) is 2.91. The van der Waals surface area contributed by atoms with E-state index in [1.165, 1.54) is 0 Å². The van der Waals surface area contributed by atoms with Gasteiger partial charge in [-0.05, 0) is 23.8 Å². The van der Waals surface area contributed by atoms with Crippen molar-refractivity contribution in [2.24, 2.45) is 0 Å². The lowest BCUT2D eigenvalue weighted by Crippen LogP contribution is -2.29. The fourth-order valence-corrected chi connectivity index (χ4v) is 2.04. The van der Waals surface area contributed by atoms with Gasteiger partial charge in [-0.1, -0.05) is 41.9 Å². The van der Waals surface area contributed by atoms with Crippen LogP contribution in [0.25, 0.3) is 0 Å². The molecule has 1 amide bonds. The minimum Gasteiger partial charge on any atom is -0.490 e. The van der Waals surface area contributed by atoms with Gasteiger partial charge in [-0.3, -0.25) is 4.79 Å². The maximum absolute atomic E-state index is 11.8. The van der Waals surface area contributed by atoms with E-state index in [1.807, 2.05) is 30.3 Å². The van der Waals surface area contributed by atoms with E-state index in [2.05, 4.69) is 5.32 Å². The second kappa shape index (κ2) is 7.55. The Kier molecular flexibility index (Phi) is 5.46. The summed E-state index contributed by atoms with van der Waals surface area (Å²) in [5.41, 5.74) is 7.15. The van der Waals surface area contributed by atoms with Crippen LogP contribution in [0.2, 0.25) is 5.02 Å². The highest BCUT2D eigenvalue weighted by molar-refractivity contribution is 6.31. The van der Waals surface area contributed by atoms with E-state index >= 15 is 0 Å². The van der Waals surface area contributed by atoms with Gasteiger partial charge in [-0.2, -0.15) is 0 Å². The van der Waals surface area contributed by atoms with E-state index in [4.69, 9.17) is 22.1 Å². The third-order valence-corrected chi connectivity index (χ3v) is 3.28. The standard InChI is InChI=1S/C16H17ClN2O2/c17-13-6-2-1-5-12(13)11-16(20)19-9-10-21-15-8-4-3-7-14(15)18/h1-8H,9-11,18H2,(H,19,20). The summed E-state index contributed by atoms with van der Waals surface area (Å²) in [5, 5.41) is 3.38. The molecule has 0 aliphatic carbocycles. The Morgan fingerprint density at radius 1 is 1.14 bits per heavy atom. The van der Waals surface area contributed by atoms with E-state index in [1.54, 1.807) is 18.2 Å². The number of nitrogens with one attached hydrogen (secondary N) is 1. The third kappa shape index (κ3) is 4.68. The zero-order valence-electron chi connectivity index (χ0n) is 11.5. The molecule has 0 atom stereocenters. The first-order valence-corrected chi connectivity index (χ1v) is 7.02. The van der Waals surface area contributed by atoms with Crippen LogP contribution in [0.5, 0.6) is 5.75 Å². The number of nitrogens with two attached hydrogens (primary N) is 1. The number of carbonyl (C=O) groups excluding carboxylic acids is 1. The molecule has 2 aromatic carbocycles. The number of halogens is 1. The van der Waals surface area contributed by atoms with Crippen molar-refractivity contribution in [1.82, 2.24) is 5.32 Å². The number of hydrogen-bond acceptors (Lipinski definition) is 3. The summed E-state index contributed by atoms with van der Waals surface area (Å²) in [5.74, 6) is 0.533. The fraction of sp³-hybridized carbons (Fsp3) is 0.188. The van der Waals surface area contributed by atoms with Crippen molar-refractivity contribution in [3.8, 4) is 5.75 Å². The van der Waals surface area contributed by atoms with Crippen LogP contribution in [0.4, 0.5) is 5.69 Å². The first kappa shape index (κ1) is 15.2. The Morgan fingerprint density at radius 2 is 1.86 bits per heavy atom. The van der Waals surface area contributed by atoms with Crippen LogP contribution in [-0.4, -0.2) is 19.1 Å². The number of hydrogen-bond donors (Lipinski definition) is 2. The van der Waals surface area contributed by atoms with Crippen molar-refractivity contribution in [1.29, 1.82) is 0 Å². The molecule has 0 bridgehead atoms. The van der Waals surface area contributed by atoms with E-state index in [0.717, 1.165) is 5.56 Å². The van der Waals surface area contributed by atoms with Crippen molar-refractivity contribution in [3.63, 3.8) is 0 Å². The second-order valence-corrected chi connectivity index (χ2v) is 4.91. The predicted octanol–water partition coefficient (Wildman–Crippen LogP) is 2.66. The molecule has 0 spiro atoms. The van der Waals surface area contributed by atoms with E-state index in [-0.39, 0.29) is 12.3 Å². The molecule has 0 aliphatic rings. The van der Waals surface area contributed by atoms with E-state index < -0.39 is 0 Å². The van der Waals surface area contributed by atoms with Crippen molar-refractivity contribution in [2.45, 2.75) is 6.42 Å². The fourth-order valence-electron chi connectivity index (χ4n) is 1.84. The second-order valence-electron chi connectivity index (χ2n) is 4.50. The molecule has 0 unspecified atom stereocenters. The molecule has 3 N–H and O–H groups in total. The lowest BCUT2D eigenvalue weighted by Gasteiger charge is -2.10.